The Bertz CT molecular complexity index is 457. The van der Waals surface area contributed by atoms with Crippen molar-refractivity contribution in [2.75, 3.05) is 6.54 Å². The molecule has 0 atom stereocenters. The lowest BCUT2D eigenvalue weighted by Crippen LogP contribution is -2.04. The number of hydrogen-bond acceptors (Lipinski definition) is 2. The van der Waals surface area contributed by atoms with E-state index in [1.807, 2.05) is 12.5 Å². The van der Waals surface area contributed by atoms with E-state index in [0.717, 1.165) is 19.4 Å². The Morgan fingerprint density at radius 3 is 2.53 bits per heavy atom. The van der Waals surface area contributed by atoms with Gasteiger partial charge in [0.25, 0.3) is 0 Å². The molecule has 2 aromatic rings. The van der Waals surface area contributed by atoms with Crippen molar-refractivity contribution in [1.29, 1.82) is 0 Å². The van der Waals surface area contributed by atoms with Crippen LogP contribution in [0.25, 0.3) is 0 Å². The first-order valence-corrected chi connectivity index (χ1v) is 6.10. The minimum absolute atomic E-state index is 0.709. The number of imidazole rings is 1. The lowest BCUT2D eigenvalue weighted by atomic mass is 10.1. The van der Waals surface area contributed by atoms with E-state index in [1.54, 1.807) is 0 Å². The molecule has 0 aliphatic carbocycles. The molecule has 90 valence electrons. The van der Waals surface area contributed by atoms with Crippen molar-refractivity contribution in [3.8, 4) is 0 Å². The van der Waals surface area contributed by atoms with Gasteiger partial charge < -0.3 is 10.3 Å². The molecule has 1 aromatic carbocycles. The summed E-state index contributed by atoms with van der Waals surface area (Å²) in [6.45, 7) is 3.75. The second-order valence-electron chi connectivity index (χ2n) is 4.22. The first-order valence-electron chi connectivity index (χ1n) is 6.10. The Morgan fingerprint density at radius 1 is 1.18 bits per heavy atom. The highest BCUT2D eigenvalue weighted by Gasteiger charge is 2.00. The minimum Gasteiger partial charge on any atom is -0.330 e. The number of aromatic nitrogens is 2. The monoisotopic (exact) mass is 229 g/mol. The van der Waals surface area contributed by atoms with Crippen molar-refractivity contribution in [1.82, 2.24) is 9.55 Å². The Balaban J connectivity index is 2.08. The van der Waals surface area contributed by atoms with Gasteiger partial charge in [-0.05, 0) is 30.5 Å². The molecule has 0 saturated carbocycles. The van der Waals surface area contributed by atoms with Gasteiger partial charge in [-0.15, -0.1) is 0 Å². The molecule has 0 radical (unpaired) electrons. The fraction of sp³-hybridized carbons (Fsp3) is 0.357. The molecule has 2 rings (SSSR count). The summed E-state index contributed by atoms with van der Waals surface area (Å²) >= 11 is 0. The van der Waals surface area contributed by atoms with Gasteiger partial charge in [0.15, 0.2) is 0 Å². The number of nitrogens with zero attached hydrogens (tertiary/aromatic N) is 2. The molecule has 0 aliphatic rings. The third-order valence-corrected chi connectivity index (χ3v) is 2.97. The highest BCUT2D eigenvalue weighted by Crippen LogP contribution is 2.09. The Hall–Kier alpha value is -1.61. The summed E-state index contributed by atoms with van der Waals surface area (Å²) in [5, 5.41) is 0. The van der Waals surface area contributed by atoms with Crippen LogP contribution in [0.5, 0.6) is 0 Å². The minimum atomic E-state index is 0.709. The molecule has 3 heteroatoms. The van der Waals surface area contributed by atoms with Gasteiger partial charge in [-0.2, -0.15) is 0 Å². The zero-order chi connectivity index (χ0) is 12.1. The van der Waals surface area contributed by atoms with Gasteiger partial charge in [0, 0.05) is 18.4 Å². The number of hydrogen-bond donors (Lipinski definition) is 1. The van der Waals surface area contributed by atoms with Gasteiger partial charge in [-0.25, -0.2) is 4.98 Å². The van der Waals surface area contributed by atoms with Crippen LogP contribution in [0.3, 0.4) is 0 Å². The van der Waals surface area contributed by atoms with Crippen LogP contribution in [0.15, 0.2) is 36.8 Å². The quantitative estimate of drug-likeness (QED) is 0.852. The van der Waals surface area contributed by atoms with Crippen molar-refractivity contribution in [3.63, 3.8) is 0 Å². The Morgan fingerprint density at radius 2 is 1.88 bits per heavy atom. The fourth-order valence-electron chi connectivity index (χ4n) is 1.96. The van der Waals surface area contributed by atoms with Crippen LogP contribution in [0, 0.1) is 0 Å². The van der Waals surface area contributed by atoms with Gasteiger partial charge in [-0.3, -0.25) is 0 Å². The van der Waals surface area contributed by atoms with Crippen LogP contribution in [0.1, 0.15) is 23.7 Å². The Labute approximate surface area is 102 Å². The van der Waals surface area contributed by atoms with Gasteiger partial charge in [0.2, 0.25) is 0 Å². The summed E-state index contributed by atoms with van der Waals surface area (Å²) in [5.74, 6) is 0. The number of rotatable bonds is 5. The van der Waals surface area contributed by atoms with Crippen molar-refractivity contribution in [3.05, 3.63) is 53.6 Å². The second kappa shape index (κ2) is 5.64. The molecule has 0 fully saturated rings. The smallest absolute Gasteiger partial charge is 0.0951 e. The lowest BCUT2D eigenvalue weighted by Gasteiger charge is -2.07. The first-order chi connectivity index (χ1) is 8.33. The lowest BCUT2D eigenvalue weighted by molar-refractivity contribution is 0.746. The molecular weight excluding hydrogens is 210 g/mol. The molecule has 0 spiro atoms. The van der Waals surface area contributed by atoms with E-state index in [9.17, 15) is 0 Å². The fourth-order valence-corrected chi connectivity index (χ4v) is 1.96. The molecule has 0 unspecified atom stereocenters. The van der Waals surface area contributed by atoms with E-state index in [2.05, 4.69) is 40.7 Å². The molecule has 0 saturated heterocycles. The predicted octanol–water partition coefficient (Wildman–Crippen LogP) is 2.00. The van der Waals surface area contributed by atoms with Crippen molar-refractivity contribution < 1.29 is 0 Å². The van der Waals surface area contributed by atoms with Crippen LogP contribution >= 0.6 is 0 Å². The molecule has 3 nitrogen and oxygen atoms in total. The summed E-state index contributed by atoms with van der Waals surface area (Å²) in [4.78, 5) is 4.18. The largest absolute Gasteiger partial charge is 0.330 e. The molecule has 0 aliphatic heterocycles. The van der Waals surface area contributed by atoms with E-state index in [1.165, 1.54) is 16.8 Å². The van der Waals surface area contributed by atoms with Crippen molar-refractivity contribution in [2.45, 2.75) is 26.3 Å². The van der Waals surface area contributed by atoms with Gasteiger partial charge >= 0.3 is 0 Å². The SMILES string of the molecule is CCc1cncn1Cc1ccc(CCN)cc1. The van der Waals surface area contributed by atoms with Gasteiger partial charge in [-0.1, -0.05) is 31.2 Å². The average Bonchev–Trinajstić information content (AvgIpc) is 2.79. The predicted molar refractivity (Wildman–Crippen MR) is 69.9 cm³/mol. The highest BCUT2D eigenvalue weighted by atomic mass is 15.0. The molecule has 0 amide bonds. The van der Waals surface area contributed by atoms with E-state index in [0.29, 0.717) is 6.54 Å². The molecule has 17 heavy (non-hydrogen) atoms. The van der Waals surface area contributed by atoms with Crippen molar-refractivity contribution in [2.24, 2.45) is 5.73 Å². The first kappa shape index (κ1) is 11.9. The molecular formula is C14H19N3. The number of nitrogens with two attached hydrogens (primary N) is 1. The third-order valence-electron chi connectivity index (χ3n) is 2.97. The normalized spacial score (nSPS) is 10.7. The molecule has 1 heterocycles. The molecule has 1 aromatic heterocycles. The zero-order valence-corrected chi connectivity index (χ0v) is 10.3. The van der Waals surface area contributed by atoms with Gasteiger partial charge in [0.05, 0.1) is 6.33 Å². The Kier molecular flexibility index (Phi) is 3.94. The summed E-state index contributed by atoms with van der Waals surface area (Å²) in [6.07, 6.45) is 5.80. The average molecular weight is 229 g/mol. The maximum atomic E-state index is 5.53. The standard InChI is InChI=1S/C14H19N3/c1-2-14-9-16-11-17(14)10-13-5-3-12(4-6-13)7-8-15/h3-6,9,11H,2,7-8,10,15H2,1H3. The van der Waals surface area contributed by atoms with Crippen LogP contribution in [0.2, 0.25) is 0 Å². The van der Waals surface area contributed by atoms with E-state index in [4.69, 9.17) is 5.73 Å². The van der Waals surface area contributed by atoms with Crippen LogP contribution in [-0.2, 0) is 19.4 Å². The van der Waals surface area contributed by atoms with Crippen LogP contribution in [-0.4, -0.2) is 16.1 Å². The summed E-state index contributed by atoms with van der Waals surface area (Å²) in [7, 11) is 0. The molecule has 0 bridgehead atoms. The van der Waals surface area contributed by atoms with Gasteiger partial charge in [0.1, 0.15) is 0 Å². The maximum Gasteiger partial charge on any atom is 0.0951 e. The van der Waals surface area contributed by atoms with Crippen molar-refractivity contribution >= 4 is 0 Å². The number of benzene rings is 1. The topological polar surface area (TPSA) is 43.8 Å². The molecule has 2 N–H and O–H groups in total. The van der Waals surface area contributed by atoms with E-state index in [-0.39, 0.29) is 0 Å². The summed E-state index contributed by atoms with van der Waals surface area (Å²) in [6, 6.07) is 8.66. The summed E-state index contributed by atoms with van der Waals surface area (Å²) in [5.41, 5.74) is 9.42. The third kappa shape index (κ3) is 2.94. The number of aryl methyl sites for hydroxylation is 1. The highest BCUT2D eigenvalue weighted by molar-refractivity contribution is 5.23. The maximum absolute atomic E-state index is 5.53. The van der Waals surface area contributed by atoms with E-state index < -0.39 is 0 Å². The van der Waals surface area contributed by atoms with Crippen LogP contribution in [0.4, 0.5) is 0 Å². The second-order valence-corrected chi connectivity index (χ2v) is 4.22. The summed E-state index contributed by atoms with van der Waals surface area (Å²) < 4.78 is 2.19. The van der Waals surface area contributed by atoms with Crippen LogP contribution < -0.4 is 5.73 Å². The van der Waals surface area contributed by atoms with E-state index >= 15 is 0 Å². The zero-order valence-electron chi connectivity index (χ0n) is 10.3.